The number of amides is 1. The van der Waals surface area contributed by atoms with Crippen molar-refractivity contribution in [3.05, 3.63) is 82.4 Å². The first-order chi connectivity index (χ1) is 12.4. The van der Waals surface area contributed by atoms with Gasteiger partial charge in [0, 0.05) is 29.8 Å². The number of para-hydroxylation sites is 1. The Morgan fingerprint density at radius 3 is 2.50 bits per heavy atom. The molecule has 3 rings (SSSR count). The van der Waals surface area contributed by atoms with Gasteiger partial charge >= 0.3 is 0 Å². The zero-order valence-corrected chi connectivity index (χ0v) is 13.8. The number of carbonyl (C=O) groups is 2. The molecule has 0 aromatic heterocycles. The Kier molecular flexibility index (Phi) is 4.40. The van der Waals surface area contributed by atoms with Crippen molar-refractivity contribution in [2.45, 2.75) is 12.0 Å². The van der Waals surface area contributed by atoms with Gasteiger partial charge in [0.05, 0.1) is 17.0 Å². The molecule has 2 aromatic rings. The third-order valence-electron chi connectivity index (χ3n) is 4.37. The van der Waals surface area contributed by atoms with Crippen LogP contribution < -0.4 is 4.90 Å². The van der Waals surface area contributed by atoms with Crippen molar-refractivity contribution in [1.82, 2.24) is 0 Å². The van der Waals surface area contributed by atoms with E-state index < -0.39 is 28.6 Å². The molecule has 132 valence electrons. The third-order valence-corrected chi connectivity index (χ3v) is 4.37. The first-order valence-electron chi connectivity index (χ1n) is 7.91. The number of ketones is 1. The smallest absolute Gasteiger partial charge is 0.269 e. The molecule has 0 radical (unpaired) electrons. The molecular weight excluding hydrogens is 336 g/mol. The fraction of sp³-hybridized carbons (Fsp3) is 0.158. The molecule has 1 aliphatic rings. The number of Topliss-reactive ketones (excluding diaryl/α,β-unsaturated/α-hetero) is 1. The Morgan fingerprint density at radius 2 is 1.88 bits per heavy atom. The molecule has 1 aliphatic heterocycles. The maximum atomic E-state index is 12.8. The van der Waals surface area contributed by atoms with Gasteiger partial charge in [-0.15, -0.1) is 6.58 Å². The molecule has 0 aliphatic carbocycles. The number of nitrogens with zero attached hydrogens (tertiary/aromatic N) is 2. The summed E-state index contributed by atoms with van der Waals surface area (Å²) >= 11 is 0. The number of fused-ring (bicyclic) bond motifs is 1. The molecule has 7 nitrogen and oxygen atoms in total. The van der Waals surface area contributed by atoms with E-state index in [4.69, 9.17) is 0 Å². The van der Waals surface area contributed by atoms with Crippen LogP contribution in [0.25, 0.3) is 0 Å². The standard InChI is InChI=1S/C19H16N2O5/c1-2-11-20-16-6-4-3-5-15(16)19(24,18(20)23)12-17(22)13-7-9-14(10-8-13)21(25)26/h2-10,24H,1,11-12H2/t19-/m1/s1. The molecule has 1 heterocycles. The molecule has 1 atom stereocenters. The molecule has 7 heteroatoms. The first-order valence-corrected chi connectivity index (χ1v) is 7.91. The van der Waals surface area contributed by atoms with E-state index >= 15 is 0 Å². The minimum atomic E-state index is -1.97. The lowest BCUT2D eigenvalue weighted by molar-refractivity contribution is -0.384. The van der Waals surface area contributed by atoms with Crippen LogP contribution in [0.1, 0.15) is 22.3 Å². The number of nitro benzene ring substituents is 1. The minimum Gasteiger partial charge on any atom is -0.375 e. The van der Waals surface area contributed by atoms with E-state index in [0.717, 1.165) is 0 Å². The van der Waals surface area contributed by atoms with Crippen molar-refractivity contribution in [2.75, 3.05) is 11.4 Å². The fourth-order valence-electron chi connectivity index (χ4n) is 3.09. The summed E-state index contributed by atoms with van der Waals surface area (Å²) in [4.78, 5) is 36.9. The number of non-ortho nitro benzene ring substituents is 1. The summed E-state index contributed by atoms with van der Waals surface area (Å²) in [6, 6.07) is 11.8. The zero-order chi connectivity index (χ0) is 18.9. The lowest BCUT2D eigenvalue weighted by Gasteiger charge is -2.22. The number of benzene rings is 2. The molecule has 26 heavy (non-hydrogen) atoms. The van der Waals surface area contributed by atoms with E-state index in [0.29, 0.717) is 11.3 Å². The monoisotopic (exact) mass is 352 g/mol. The van der Waals surface area contributed by atoms with Crippen LogP contribution in [-0.2, 0) is 10.4 Å². The number of aliphatic hydroxyl groups is 1. The molecule has 2 aromatic carbocycles. The lowest BCUT2D eigenvalue weighted by atomic mass is 9.88. The second kappa shape index (κ2) is 6.53. The average molecular weight is 352 g/mol. The predicted octanol–water partition coefficient (Wildman–Crippen LogP) is 2.59. The van der Waals surface area contributed by atoms with E-state index in [9.17, 15) is 24.8 Å². The highest BCUT2D eigenvalue weighted by Crippen LogP contribution is 2.42. The number of nitro groups is 1. The summed E-state index contributed by atoms with van der Waals surface area (Å²) in [7, 11) is 0. The van der Waals surface area contributed by atoms with Gasteiger partial charge in [-0.25, -0.2) is 0 Å². The molecule has 0 saturated carbocycles. The van der Waals surface area contributed by atoms with Crippen molar-refractivity contribution in [3.8, 4) is 0 Å². The van der Waals surface area contributed by atoms with E-state index in [1.807, 2.05) is 0 Å². The van der Waals surface area contributed by atoms with Gasteiger partial charge in [-0.1, -0.05) is 24.3 Å². The van der Waals surface area contributed by atoms with Crippen LogP contribution in [-0.4, -0.2) is 28.3 Å². The Balaban J connectivity index is 1.92. The number of carbonyl (C=O) groups excluding carboxylic acids is 2. The lowest BCUT2D eigenvalue weighted by Crippen LogP contribution is -2.41. The maximum absolute atomic E-state index is 12.8. The quantitative estimate of drug-likeness (QED) is 0.373. The Hall–Kier alpha value is -3.32. The van der Waals surface area contributed by atoms with Gasteiger partial charge in [-0.2, -0.15) is 0 Å². The van der Waals surface area contributed by atoms with E-state index in [-0.39, 0.29) is 17.8 Å². The summed E-state index contributed by atoms with van der Waals surface area (Å²) in [5, 5.41) is 21.7. The topological polar surface area (TPSA) is 101 Å². The zero-order valence-electron chi connectivity index (χ0n) is 13.8. The molecule has 0 fully saturated rings. The van der Waals surface area contributed by atoms with Gasteiger partial charge in [0.1, 0.15) is 0 Å². The third kappa shape index (κ3) is 2.78. The van der Waals surface area contributed by atoms with Gasteiger partial charge in [-0.05, 0) is 18.2 Å². The molecule has 0 bridgehead atoms. The molecular formula is C19H16N2O5. The largest absolute Gasteiger partial charge is 0.375 e. The first kappa shape index (κ1) is 17.5. The van der Waals surface area contributed by atoms with E-state index in [2.05, 4.69) is 6.58 Å². The highest BCUT2D eigenvalue weighted by molar-refractivity contribution is 6.10. The van der Waals surface area contributed by atoms with Gasteiger partial charge in [0.15, 0.2) is 11.4 Å². The average Bonchev–Trinajstić information content (AvgIpc) is 2.84. The van der Waals surface area contributed by atoms with Crippen molar-refractivity contribution in [2.24, 2.45) is 0 Å². The second-order valence-corrected chi connectivity index (χ2v) is 5.99. The second-order valence-electron chi connectivity index (χ2n) is 5.99. The predicted molar refractivity (Wildman–Crippen MR) is 94.9 cm³/mol. The van der Waals surface area contributed by atoms with Gasteiger partial charge in [0.25, 0.3) is 11.6 Å². The van der Waals surface area contributed by atoms with Crippen LogP contribution in [0.5, 0.6) is 0 Å². The van der Waals surface area contributed by atoms with Crippen molar-refractivity contribution in [3.63, 3.8) is 0 Å². The molecule has 0 spiro atoms. The maximum Gasteiger partial charge on any atom is 0.269 e. The van der Waals surface area contributed by atoms with Gasteiger partial charge in [-0.3, -0.25) is 19.7 Å². The van der Waals surface area contributed by atoms with Crippen molar-refractivity contribution in [1.29, 1.82) is 0 Å². The summed E-state index contributed by atoms with van der Waals surface area (Å²) in [5.74, 6) is -1.07. The van der Waals surface area contributed by atoms with Gasteiger partial charge < -0.3 is 10.0 Å². The normalized spacial score (nSPS) is 18.5. The SMILES string of the molecule is C=CCN1C(=O)[C@@](O)(CC(=O)c2ccc([N+](=O)[O-])cc2)c2ccccc21. The van der Waals surface area contributed by atoms with Crippen LogP contribution in [0.3, 0.4) is 0 Å². The van der Waals surface area contributed by atoms with Gasteiger partial charge in [0.2, 0.25) is 0 Å². The number of anilines is 1. The highest BCUT2D eigenvalue weighted by Gasteiger charge is 2.50. The Labute approximate surface area is 149 Å². The molecule has 1 N–H and O–H groups in total. The molecule has 1 amide bonds. The minimum absolute atomic E-state index is 0.139. The summed E-state index contributed by atoms with van der Waals surface area (Å²) in [6.07, 6.45) is 1.09. The Bertz CT molecular complexity index is 906. The fourth-order valence-corrected chi connectivity index (χ4v) is 3.09. The summed E-state index contributed by atoms with van der Waals surface area (Å²) < 4.78 is 0. The van der Waals surface area contributed by atoms with Crippen molar-refractivity contribution >= 4 is 23.1 Å². The number of hydrogen-bond donors (Lipinski definition) is 1. The van der Waals surface area contributed by atoms with Crippen LogP contribution >= 0.6 is 0 Å². The summed E-state index contributed by atoms with van der Waals surface area (Å²) in [5.41, 5.74) is -1.02. The Morgan fingerprint density at radius 1 is 1.23 bits per heavy atom. The highest BCUT2D eigenvalue weighted by atomic mass is 16.6. The van der Waals surface area contributed by atoms with Crippen LogP contribution in [0, 0.1) is 10.1 Å². The number of hydrogen-bond acceptors (Lipinski definition) is 5. The molecule has 0 unspecified atom stereocenters. The van der Waals surface area contributed by atoms with E-state index in [1.54, 1.807) is 30.3 Å². The summed E-state index contributed by atoms with van der Waals surface area (Å²) in [6.45, 7) is 3.82. The van der Waals surface area contributed by atoms with Crippen molar-refractivity contribution < 1.29 is 19.6 Å². The molecule has 0 saturated heterocycles. The number of rotatable bonds is 6. The van der Waals surface area contributed by atoms with E-state index in [1.165, 1.54) is 29.2 Å². The van der Waals surface area contributed by atoms with Crippen LogP contribution in [0.4, 0.5) is 11.4 Å². The van der Waals surface area contributed by atoms with Crippen LogP contribution in [0.2, 0.25) is 0 Å². The van der Waals surface area contributed by atoms with Crippen LogP contribution in [0.15, 0.2) is 61.2 Å².